The lowest BCUT2D eigenvalue weighted by Gasteiger charge is -2.38. The summed E-state index contributed by atoms with van der Waals surface area (Å²) >= 11 is 0. The molecule has 3 aliphatic carbocycles. The van der Waals surface area contributed by atoms with Crippen LogP contribution in [0.25, 0.3) is 0 Å². The number of nitrogens with zero attached hydrogens (tertiary/aromatic N) is 1. The van der Waals surface area contributed by atoms with E-state index in [1.54, 1.807) is 6.92 Å². The molecule has 2 bridgehead atoms. The van der Waals surface area contributed by atoms with Gasteiger partial charge < -0.3 is 4.74 Å². The average molecular weight is 225 g/mol. The third-order valence-electron chi connectivity index (χ3n) is 3.51. The van der Waals surface area contributed by atoms with E-state index in [-0.39, 0.29) is 23.4 Å². The molecule has 0 spiro atoms. The van der Waals surface area contributed by atoms with Crippen molar-refractivity contribution in [3.63, 3.8) is 0 Å². The van der Waals surface area contributed by atoms with Crippen molar-refractivity contribution in [3.05, 3.63) is 22.3 Å². The van der Waals surface area contributed by atoms with Gasteiger partial charge >= 0.3 is 5.97 Å². The van der Waals surface area contributed by atoms with Crippen LogP contribution in [0.3, 0.4) is 0 Å². The summed E-state index contributed by atoms with van der Waals surface area (Å²) in [6.45, 7) is 2.00. The molecule has 0 amide bonds. The number of rotatable bonds is 3. The van der Waals surface area contributed by atoms with Gasteiger partial charge in [-0.3, -0.25) is 14.9 Å². The van der Waals surface area contributed by atoms with E-state index >= 15 is 0 Å². The number of esters is 1. The van der Waals surface area contributed by atoms with E-state index < -0.39 is 17.9 Å². The molecule has 0 heterocycles. The molecule has 4 atom stereocenters. The minimum absolute atomic E-state index is 0.0144. The number of hydrogen-bond acceptors (Lipinski definition) is 4. The Balaban J connectivity index is 2.24. The van der Waals surface area contributed by atoms with Gasteiger partial charge in [-0.1, -0.05) is 12.2 Å². The first kappa shape index (κ1) is 11.1. The lowest BCUT2D eigenvalue weighted by atomic mass is 9.66. The van der Waals surface area contributed by atoms with Crippen molar-refractivity contribution >= 4 is 5.97 Å². The minimum Gasteiger partial charge on any atom is -0.466 e. The van der Waals surface area contributed by atoms with Crippen molar-refractivity contribution in [2.24, 2.45) is 17.8 Å². The highest BCUT2D eigenvalue weighted by atomic mass is 16.6. The predicted molar refractivity (Wildman–Crippen MR) is 56.3 cm³/mol. The summed E-state index contributed by atoms with van der Waals surface area (Å²) in [4.78, 5) is 22.5. The molecule has 0 radical (unpaired) electrons. The van der Waals surface area contributed by atoms with Crippen molar-refractivity contribution in [1.82, 2.24) is 0 Å². The molecule has 0 N–H and O–H groups in total. The molecule has 5 nitrogen and oxygen atoms in total. The van der Waals surface area contributed by atoms with E-state index in [4.69, 9.17) is 4.74 Å². The van der Waals surface area contributed by atoms with Gasteiger partial charge in [-0.05, 0) is 25.7 Å². The van der Waals surface area contributed by atoms with Crippen LogP contribution >= 0.6 is 0 Å². The van der Waals surface area contributed by atoms with Crippen molar-refractivity contribution in [2.45, 2.75) is 25.8 Å². The molecule has 0 aromatic carbocycles. The van der Waals surface area contributed by atoms with Gasteiger partial charge in [0.15, 0.2) is 0 Å². The van der Waals surface area contributed by atoms with Gasteiger partial charge in [-0.25, -0.2) is 0 Å². The van der Waals surface area contributed by atoms with Crippen LogP contribution in [0.5, 0.6) is 0 Å². The number of nitro groups is 1. The largest absolute Gasteiger partial charge is 0.466 e. The van der Waals surface area contributed by atoms with Crippen LogP contribution in [-0.4, -0.2) is 23.5 Å². The number of fused-ring (bicyclic) bond motifs is 2. The van der Waals surface area contributed by atoms with E-state index in [0.29, 0.717) is 0 Å². The summed E-state index contributed by atoms with van der Waals surface area (Å²) in [5.74, 6) is -1.11. The normalized spacial score (nSPS) is 36.1. The van der Waals surface area contributed by atoms with Crippen molar-refractivity contribution in [1.29, 1.82) is 0 Å². The molecular formula is C11H15NO4. The Kier molecular flexibility index (Phi) is 2.94. The molecule has 1 fully saturated rings. The maximum absolute atomic E-state index is 11.7. The molecule has 1 saturated carbocycles. The Hall–Kier alpha value is -1.39. The summed E-state index contributed by atoms with van der Waals surface area (Å²) < 4.78 is 4.94. The topological polar surface area (TPSA) is 69.4 Å². The van der Waals surface area contributed by atoms with E-state index in [9.17, 15) is 14.9 Å². The molecule has 0 aromatic heterocycles. The van der Waals surface area contributed by atoms with Crippen LogP contribution in [-0.2, 0) is 9.53 Å². The molecule has 0 saturated heterocycles. The van der Waals surface area contributed by atoms with Crippen LogP contribution in [0.1, 0.15) is 19.8 Å². The SMILES string of the molecule is CCOC(=O)[C@H]1C2C=CC(CC2)[C@@H]1[N+](=O)[O-]. The van der Waals surface area contributed by atoms with E-state index in [1.807, 2.05) is 12.2 Å². The highest BCUT2D eigenvalue weighted by Crippen LogP contribution is 2.42. The number of hydrogen-bond donors (Lipinski definition) is 0. The van der Waals surface area contributed by atoms with Crippen molar-refractivity contribution in [2.75, 3.05) is 6.61 Å². The van der Waals surface area contributed by atoms with Crippen molar-refractivity contribution < 1.29 is 14.5 Å². The maximum Gasteiger partial charge on any atom is 0.316 e. The lowest BCUT2D eigenvalue weighted by molar-refractivity contribution is -0.542. The van der Waals surface area contributed by atoms with Gasteiger partial charge in [0.05, 0.1) is 6.61 Å². The molecule has 0 aliphatic heterocycles. The maximum atomic E-state index is 11.7. The second-order valence-electron chi connectivity index (χ2n) is 4.34. The van der Waals surface area contributed by atoms with Crippen LogP contribution in [0.2, 0.25) is 0 Å². The molecule has 5 heteroatoms. The first-order chi connectivity index (χ1) is 7.65. The smallest absolute Gasteiger partial charge is 0.316 e. The second kappa shape index (κ2) is 4.23. The van der Waals surface area contributed by atoms with Crippen LogP contribution in [0.4, 0.5) is 0 Å². The van der Waals surface area contributed by atoms with E-state index in [1.165, 1.54) is 0 Å². The molecule has 88 valence electrons. The monoisotopic (exact) mass is 225 g/mol. The van der Waals surface area contributed by atoms with E-state index in [0.717, 1.165) is 12.8 Å². The van der Waals surface area contributed by atoms with Gasteiger partial charge in [-0.15, -0.1) is 0 Å². The summed E-state index contributed by atoms with van der Waals surface area (Å²) in [7, 11) is 0. The van der Waals surface area contributed by atoms with Crippen LogP contribution in [0.15, 0.2) is 12.2 Å². The fourth-order valence-corrected chi connectivity index (χ4v) is 2.81. The summed E-state index contributed by atoms with van der Waals surface area (Å²) in [6.07, 6.45) is 5.49. The molecule has 16 heavy (non-hydrogen) atoms. The summed E-state index contributed by atoms with van der Waals surface area (Å²) in [5, 5.41) is 11.0. The number of ether oxygens (including phenoxy) is 1. The Labute approximate surface area is 93.6 Å². The molecule has 2 unspecified atom stereocenters. The Morgan fingerprint density at radius 3 is 2.56 bits per heavy atom. The molecule has 3 aliphatic rings. The summed E-state index contributed by atoms with van der Waals surface area (Å²) in [5.41, 5.74) is 0. The quantitative estimate of drug-likeness (QED) is 0.315. The second-order valence-corrected chi connectivity index (χ2v) is 4.34. The first-order valence-corrected chi connectivity index (χ1v) is 5.63. The predicted octanol–water partition coefficient (Wildman–Crippen LogP) is 1.41. The Morgan fingerprint density at radius 2 is 2.06 bits per heavy atom. The number of carbonyl (C=O) groups excluding carboxylic acids is 1. The Morgan fingerprint density at radius 1 is 1.44 bits per heavy atom. The average Bonchev–Trinajstić information content (AvgIpc) is 2.29. The van der Waals surface area contributed by atoms with Gasteiger partial charge in [-0.2, -0.15) is 0 Å². The molecule has 0 aromatic rings. The van der Waals surface area contributed by atoms with Crippen molar-refractivity contribution in [3.8, 4) is 0 Å². The lowest BCUT2D eigenvalue weighted by Crippen LogP contribution is -2.49. The fraction of sp³-hybridized carbons (Fsp3) is 0.727. The van der Waals surface area contributed by atoms with Gasteiger partial charge in [0.1, 0.15) is 5.92 Å². The van der Waals surface area contributed by atoms with Gasteiger partial charge in [0, 0.05) is 10.8 Å². The highest BCUT2D eigenvalue weighted by Gasteiger charge is 2.52. The van der Waals surface area contributed by atoms with Gasteiger partial charge in [0.25, 0.3) is 0 Å². The number of allylic oxidation sites excluding steroid dienone is 1. The highest BCUT2D eigenvalue weighted by molar-refractivity contribution is 5.74. The van der Waals surface area contributed by atoms with Crippen LogP contribution < -0.4 is 0 Å². The van der Waals surface area contributed by atoms with Gasteiger partial charge in [0.2, 0.25) is 6.04 Å². The zero-order valence-corrected chi connectivity index (χ0v) is 9.17. The zero-order valence-electron chi connectivity index (χ0n) is 9.17. The molecular weight excluding hydrogens is 210 g/mol. The summed E-state index contributed by atoms with van der Waals surface area (Å²) in [6, 6.07) is -0.789. The standard InChI is InChI=1S/C11H15NO4/c1-2-16-11(13)9-7-3-5-8(6-4-7)10(9)12(14)15/h3,5,7-10H,2,4,6H2,1H3/t7?,8?,9-,10-/m0/s1. The molecule has 3 rings (SSSR count). The fourth-order valence-electron chi connectivity index (χ4n) is 2.81. The first-order valence-electron chi connectivity index (χ1n) is 5.63. The minimum atomic E-state index is -0.789. The Bertz CT molecular complexity index is 339. The third-order valence-corrected chi connectivity index (χ3v) is 3.51. The zero-order chi connectivity index (χ0) is 11.7. The van der Waals surface area contributed by atoms with Crippen LogP contribution in [0, 0.1) is 27.9 Å². The third kappa shape index (κ3) is 1.70. The number of carbonyl (C=O) groups is 1. The van der Waals surface area contributed by atoms with E-state index in [2.05, 4.69) is 0 Å².